The molecule has 5 rings (SSSR count). The van der Waals surface area contributed by atoms with Crippen LogP contribution in [0.4, 0.5) is 0 Å². The third-order valence-electron chi connectivity index (χ3n) is 5.73. The van der Waals surface area contributed by atoms with Crippen LogP contribution in [0.3, 0.4) is 0 Å². The lowest BCUT2D eigenvalue weighted by atomic mass is 10.1. The zero-order valence-corrected chi connectivity index (χ0v) is 19.2. The molecule has 3 heterocycles. The molecule has 0 aliphatic carbocycles. The summed E-state index contributed by atoms with van der Waals surface area (Å²) in [5.74, 6) is 0.491. The summed E-state index contributed by atoms with van der Waals surface area (Å²) < 4.78 is 31.2. The molecule has 10 heteroatoms. The van der Waals surface area contributed by atoms with Crippen molar-refractivity contribution < 1.29 is 17.6 Å². The highest BCUT2D eigenvalue weighted by Gasteiger charge is 2.26. The van der Waals surface area contributed by atoms with Gasteiger partial charge in [-0.15, -0.1) is 0 Å². The van der Waals surface area contributed by atoms with E-state index in [9.17, 15) is 13.2 Å². The number of para-hydroxylation sites is 2. The van der Waals surface area contributed by atoms with Crippen molar-refractivity contribution in [3.05, 3.63) is 65.6 Å². The van der Waals surface area contributed by atoms with Crippen LogP contribution in [0.15, 0.2) is 59.3 Å². The summed E-state index contributed by atoms with van der Waals surface area (Å²) in [7, 11) is -3.04. The van der Waals surface area contributed by atoms with Crippen molar-refractivity contribution >= 4 is 38.4 Å². The van der Waals surface area contributed by atoms with Crippen LogP contribution < -0.4 is 0 Å². The standard InChI is InChI=1S/C23H21ClN4O4S/c24-17-7-5-16(6-8-17)22-20(9-10-21(29)27-11-13-33(30,31)14-12-27)32-23(26-22)28-15-25-18-3-1-2-4-19(18)28/h1-8,15H,9-14H2. The van der Waals surface area contributed by atoms with Gasteiger partial charge in [-0.3, -0.25) is 9.36 Å². The summed E-state index contributed by atoms with van der Waals surface area (Å²) >= 11 is 6.05. The van der Waals surface area contributed by atoms with Crippen LogP contribution in [0.1, 0.15) is 12.2 Å². The monoisotopic (exact) mass is 484 g/mol. The second kappa shape index (κ2) is 8.64. The molecule has 1 aliphatic rings. The Kier molecular flexibility index (Phi) is 5.67. The highest BCUT2D eigenvalue weighted by molar-refractivity contribution is 7.91. The van der Waals surface area contributed by atoms with Crippen LogP contribution in [0.2, 0.25) is 5.02 Å². The minimum Gasteiger partial charge on any atom is -0.427 e. The van der Waals surface area contributed by atoms with Gasteiger partial charge in [0.2, 0.25) is 5.91 Å². The van der Waals surface area contributed by atoms with Gasteiger partial charge in [-0.2, -0.15) is 4.98 Å². The number of benzene rings is 2. The molecule has 1 amide bonds. The molecule has 8 nitrogen and oxygen atoms in total. The number of halogens is 1. The highest BCUT2D eigenvalue weighted by Crippen LogP contribution is 2.29. The predicted molar refractivity (Wildman–Crippen MR) is 125 cm³/mol. The summed E-state index contributed by atoms with van der Waals surface area (Å²) in [6, 6.07) is 15.3. The number of hydrogen-bond acceptors (Lipinski definition) is 6. The fraction of sp³-hybridized carbons (Fsp3) is 0.261. The van der Waals surface area contributed by atoms with E-state index < -0.39 is 9.84 Å². The first kappa shape index (κ1) is 21.7. The van der Waals surface area contributed by atoms with Crippen LogP contribution in [0.25, 0.3) is 28.3 Å². The Balaban J connectivity index is 1.44. The van der Waals surface area contributed by atoms with Gasteiger partial charge < -0.3 is 9.32 Å². The van der Waals surface area contributed by atoms with Gasteiger partial charge in [0.25, 0.3) is 0 Å². The van der Waals surface area contributed by atoms with E-state index in [0.717, 1.165) is 16.6 Å². The molecule has 1 saturated heterocycles. The van der Waals surface area contributed by atoms with E-state index >= 15 is 0 Å². The summed E-state index contributed by atoms with van der Waals surface area (Å²) in [5.41, 5.74) is 3.14. The van der Waals surface area contributed by atoms with Gasteiger partial charge in [0, 0.05) is 36.5 Å². The number of hydrogen-bond donors (Lipinski definition) is 0. The fourth-order valence-corrected chi connectivity index (χ4v) is 5.22. The van der Waals surface area contributed by atoms with Gasteiger partial charge in [-0.1, -0.05) is 35.9 Å². The molecule has 170 valence electrons. The van der Waals surface area contributed by atoms with Crippen LogP contribution in [0, 0.1) is 0 Å². The van der Waals surface area contributed by atoms with E-state index in [-0.39, 0.29) is 36.9 Å². The summed E-state index contributed by atoms with van der Waals surface area (Å²) in [6.45, 7) is 0.460. The molecule has 2 aromatic carbocycles. The quantitative estimate of drug-likeness (QED) is 0.430. The first-order chi connectivity index (χ1) is 15.9. The molecule has 0 radical (unpaired) electrons. The summed E-state index contributed by atoms with van der Waals surface area (Å²) in [6.07, 6.45) is 2.19. The fourth-order valence-electron chi connectivity index (χ4n) is 3.90. The lowest BCUT2D eigenvalue weighted by molar-refractivity contribution is -0.130. The van der Waals surface area contributed by atoms with Crippen LogP contribution in [-0.2, 0) is 21.1 Å². The number of sulfone groups is 1. The zero-order valence-electron chi connectivity index (χ0n) is 17.6. The molecule has 2 aromatic heterocycles. The molecule has 0 N–H and O–H groups in total. The lowest BCUT2D eigenvalue weighted by Crippen LogP contribution is -2.43. The number of aromatic nitrogens is 3. The van der Waals surface area contributed by atoms with E-state index in [1.54, 1.807) is 27.9 Å². The number of aryl methyl sites for hydroxylation is 1. The second-order valence-electron chi connectivity index (χ2n) is 7.91. The third-order valence-corrected chi connectivity index (χ3v) is 7.59. The molecule has 33 heavy (non-hydrogen) atoms. The van der Waals surface area contributed by atoms with Crippen LogP contribution in [0.5, 0.6) is 0 Å². The van der Waals surface area contributed by atoms with Gasteiger partial charge in [-0.25, -0.2) is 13.4 Å². The third kappa shape index (κ3) is 4.51. The molecule has 1 fully saturated rings. The number of rotatable bonds is 5. The van der Waals surface area contributed by atoms with Crippen molar-refractivity contribution in [1.29, 1.82) is 0 Å². The van der Waals surface area contributed by atoms with Crippen molar-refractivity contribution in [2.24, 2.45) is 0 Å². The number of imidazole rings is 1. The van der Waals surface area contributed by atoms with Crippen molar-refractivity contribution in [1.82, 2.24) is 19.4 Å². The smallest absolute Gasteiger partial charge is 0.308 e. The zero-order chi connectivity index (χ0) is 23.0. The minimum absolute atomic E-state index is 0.00885. The first-order valence-corrected chi connectivity index (χ1v) is 12.8. The van der Waals surface area contributed by atoms with E-state index in [1.165, 1.54) is 0 Å². The minimum atomic E-state index is -3.04. The van der Waals surface area contributed by atoms with Crippen molar-refractivity contribution in [3.63, 3.8) is 0 Å². The van der Waals surface area contributed by atoms with E-state index in [2.05, 4.69) is 4.98 Å². The Hall–Kier alpha value is -3.17. The largest absolute Gasteiger partial charge is 0.427 e. The maximum absolute atomic E-state index is 12.7. The van der Waals surface area contributed by atoms with Gasteiger partial charge in [0.15, 0.2) is 9.84 Å². The second-order valence-corrected chi connectivity index (χ2v) is 10.7. The number of carbonyl (C=O) groups excluding carboxylic acids is 1. The molecule has 0 bridgehead atoms. The van der Waals surface area contributed by atoms with Crippen LogP contribution >= 0.6 is 11.6 Å². The molecule has 4 aromatic rings. The topological polar surface area (TPSA) is 98.3 Å². The van der Waals surface area contributed by atoms with E-state index in [1.807, 2.05) is 36.4 Å². The molecular weight excluding hydrogens is 464 g/mol. The van der Waals surface area contributed by atoms with Crippen LogP contribution in [-0.4, -0.2) is 58.4 Å². The molecule has 0 saturated carbocycles. The molecule has 0 unspecified atom stereocenters. The van der Waals surface area contributed by atoms with Gasteiger partial charge >= 0.3 is 6.01 Å². The maximum atomic E-state index is 12.7. The number of fused-ring (bicyclic) bond motifs is 1. The molecule has 1 aliphatic heterocycles. The van der Waals surface area contributed by atoms with Crippen molar-refractivity contribution in [2.45, 2.75) is 12.8 Å². The van der Waals surface area contributed by atoms with E-state index in [0.29, 0.717) is 28.9 Å². The average molecular weight is 485 g/mol. The average Bonchev–Trinajstić information content (AvgIpc) is 3.42. The summed E-state index contributed by atoms with van der Waals surface area (Å²) in [5, 5.41) is 0.611. The number of carbonyl (C=O) groups is 1. The molecule has 0 spiro atoms. The summed E-state index contributed by atoms with van der Waals surface area (Å²) in [4.78, 5) is 23.4. The first-order valence-electron chi connectivity index (χ1n) is 10.6. The Morgan fingerprint density at radius 3 is 2.55 bits per heavy atom. The van der Waals surface area contributed by atoms with Gasteiger partial charge in [-0.05, 0) is 24.3 Å². The Bertz CT molecular complexity index is 1410. The Morgan fingerprint density at radius 2 is 1.79 bits per heavy atom. The van der Waals surface area contributed by atoms with Gasteiger partial charge in [0.05, 0.1) is 22.5 Å². The van der Waals surface area contributed by atoms with E-state index in [4.69, 9.17) is 21.0 Å². The molecule has 0 atom stereocenters. The normalized spacial score (nSPS) is 15.7. The lowest BCUT2D eigenvalue weighted by Gasteiger charge is -2.26. The number of oxazole rings is 1. The molecular formula is C23H21ClN4O4S. The number of amides is 1. The highest BCUT2D eigenvalue weighted by atomic mass is 35.5. The number of nitrogens with zero attached hydrogens (tertiary/aromatic N) is 4. The van der Waals surface area contributed by atoms with Gasteiger partial charge in [0.1, 0.15) is 17.8 Å². The Morgan fingerprint density at radius 1 is 1.06 bits per heavy atom. The van der Waals surface area contributed by atoms with Crippen molar-refractivity contribution in [3.8, 4) is 17.3 Å². The SMILES string of the molecule is O=C(CCc1oc(-n2cnc3ccccc32)nc1-c1ccc(Cl)cc1)N1CCS(=O)(=O)CC1. The Labute approximate surface area is 195 Å². The maximum Gasteiger partial charge on any atom is 0.308 e. The predicted octanol–water partition coefficient (Wildman–Crippen LogP) is 3.52. The van der Waals surface area contributed by atoms with Crippen molar-refractivity contribution in [2.75, 3.05) is 24.6 Å².